The monoisotopic (exact) mass is 334 g/mol. The van der Waals surface area contributed by atoms with E-state index in [9.17, 15) is 4.79 Å². The van der Waals surface area contributed by atoms with Crippen molar-refractivity contribution in [1.82, 2.24) is 0 Å². The Labute approximate surface area is 148 Å². The fourth-order valence-corrected chi connectivity index (χ4v) is 3.38. The minimum atomic E-state index is -0.762. The molecule has 0 fully saturated rings. The second kappa shape index (κ2) is 11.2. The third-order valence-electron chi connectivity index (χ3n) is 4.85. The molecule has 0 amide bonds. The van der Waals surface area contributed by atoms with E-state index in [2.05, 4.69) is 32.9 Å². The Balaban J connectivity index is 2.88. The number of carboxylic acids is 1. The summed E-state index contributed by atoms with van der Waals surface area (Å²) in [5, 5.41) is 8.91. The van der Waals surface area contributed by atoms with Gasteiger partial charge in [0, 0.05) is 5.56 Å². The summed E-state index contributed by atoms with van der Waals surface area (Å²) in [6.45, 7) is 11.7. The fraction of sp³-hybridized carbons (Fsp3) is 0.667. The first-order valence-electron chi connectivity index (χ1n) is 9.70. The summed E-state index contributed by atoms with van der Waals surface area (Å²) < 4.78 is 1.19. The highest BCUT2D eigenvalue weighted by molar-refractivity contribution is 5.70. The molecule has 0 aliphatic heterocycles. The first kappa shape index (κ1) is 20.7. The molecule has 0 heterocycles. The smallest absolute Gasteiger partial charge is 0.307 e. The van der Waals surface area contributed by atoms with Crippen molar-refractivity contribution >= 4 is 5.97 Å². The number of hydrogen-bond acceptors (Lipinski definition) is 1. The number of nitrogens with zero attached hydrogens (tertiary/aromatic N) is 1. The molecule has 0 unspecified atom stereocenters. The molecule has 0 bridgehead atoms. The Kier molecular flexibility index (Phi) is 9.70. The normalized spacial score (nSPS) is 11.6. The number of benzene rings is 1. The summed E-state index contributed by atoms with van der Waals surface area (Å²) in [7, 11) is 0. The maximum Gasteiger partial charge on any atom is 0.307 e. The highest BCUT2D eigenvalue weighted by atomic mass is 16.4. The second-order valence-corrected chi connectivity index (χ2v) is 7.12. The SMILES string of the molecule is CCCC[N+](CCCC)(CCCC)Cc1ccc(CC(=O)O)cc1. The van der Waals surface area contributed by atoms with Crippen LogP contribution < -0.4 is 0 Å². The van der Waals surface area contributed by atoms with E-state index in [-0.39, 0.29) is 6.42 Å². The lowest BCUT2D eigenvalue weighted by molar-refractivity contribution is -0.941. The predicted octanol–water partition coefficient (Wildman–Crippen LogP) is 5.03. The summed E-state index contributed by atoms with van der Waals surface area (Å²) in [6, 6.07) is 8.24. The molecule has 0 radical (unpaired) electrons. The average Bonchev–Trinajstić information content (AvgIpc) is 2.57. The number of carboxylic acid groups (broad SMARTS) is 1. The molecule has 1 aromatic rings. The van der Waals surface area contributed by atoms with Gasteiger partial charge in [-0.15, -0.1) is 0 Å². The van der Waals surface area contributed by atoms with Gasteiger partial charge in [0.2, 0.25) is 0 Å². The predicted molar refractivity (Wildman–Crippen MR) is 101 cm³/mol. The summed E-state index contributed by atoms with van der Waals surface area (Å²) >= 11 is 0. The van der Waals surface area contributed by atoms with Gasteiger partial charge in [-0.3, -0.25) is 4.79 Å². The number of aliphatic carboxylic acids is 1. The van der Waals surface area contributed by atoms with Crippen molar-refractivity contribution in [3.63, 3.8) is 0 Å². The van der Waals surface area contributed by atoms with E-state index in [0.29, 0.717) is 0 Å². The summed E-state index contributed by atoms with van der Waals surface area (Å²) in [5.41, 5.74) is 2.23. The van der Waals surface area contributed by atoms with Crippen LogP contribution in [0.15, 0.2) is 24.3 Å². The van der Waals surface area contributed by atoms with Crippen molar-refractivity contribution in [2.45, 2.75) is 72.3 Å². The van der Waals surface area contributed by atoms with Crippen LogP contribution in [-0.2, 0) is 17.8 Å². The highest BCUT2D eigenvalue weighted by Crippen LogP contribution is 2.20. The van der Waals surface area contributed by atoms with Crippen LogP contribution >= 0.6 is 0 Å². The molecule has 1 aromatic carbocycles. The molecule has 0 aliphatic carbocycles. The maximum absolute atomic E-state index is 10.8. The van der Waals surface area contributed by atoms with E-state index in [0.717, 1.165) is 12.1 Å². The molecule has 24 heavy (non-hydrogen) atoms. The number of rotatable bonds is 13. The lowest BCUT2D eigenvalue weighted by Gasteiger charge is -2.39. The third kappa shape index (κ3) is 7.48. The van der Waals surface area contributed by atoms with E-state index < -0.39 is 5.97 Å². The Bertz CT molecular complexity index is 445. The Hall–Kier alpha value is -1.35. The molecule has 1 rings (SSSR count). The zero-order chi connectivity index (χ0) is 17.8. The molecule has 0 atom stereocenters. The van der Waals surface area contributed by atoms with Crippen LogP contribution in [0.2, 0.25) is 0 Å². The van der Waals surface area contributed by atoms with Gasteiger partial charge in [0.05, 0.1) is 26.1 Å². The quantitative estimate of drug-likeness (QED) is 0.514. The molecule has 3 heteroatoms. The summed E-state index contributed by atoms with van der Waals surface area (Å²) in [6.07, 6.45) is 7.70. The van der Waals surface area contributed by atoms with Crippen LogP contribution in [0, 0.1) is 0 Å². The molecule has 0 spiro atoms. The number of unbranched alkanes of at least 4 members (excludes halogenated alkanes) is 3. The van der Waals surface area contributed by atoms with Gasteiger partial charge in [-0.25, -0.2) is 0 Å². The van der Waals surface area contributed by atoms with E-state index in [1.807, 2.05) is 12.1 Å². The first-order chi connectivity index (χ1) is 11.5. The molecule has 0 saturated carbocycles. The van der Waals surface area contributed by atoms with Gasteiger partial charge in [-0.1, -0.05) is 64.3 Å². The highest BCUT2D eigenvalue weighted by Gasteiger charge is 2.26. The van der Waals surface area contributed by atoms with Crippen LogP contribution in [0.5, 0.6) is 0 Å². The summed E-state index contributed by atoms with van der Waals surface area (Å²) in [4.78, 5) is 10.8. The Morgan fingerprint density at radius 3 is 1.62 bits per heavy atom. The minimum absolute atomic E-state index is 0.113. The lowest BCUT2D eigenvalue weighted by Crippen LogP contribution is -2.49. The molecule has 0 aromatic heterocycles. The van der Waals surface area contributed by atoms with Crippen molar-refractivity contribution < 1.29 is 14.4 Å². The van der Waals surface area contributed by atoms with Gasteiger partial charge in [0.1, 0.15) is 6.54 Å². The van der Waals surface area contributed by atoms with Gasteiger partial charge in [0.25, 0.3) is 0 Å². The number of quaternary nitrogens is 1. The topological polar surface area (TPSA) is 37.3 Å². The van der Waals surface area contributed by atoms with Crippen LogP contribution in [0.25, 0.3) is 0 Å². The van der Waals surface area contributed by atoms with Gasteiger partial charge in [-0.05, 0) is 24.8 Å². The van der Waals surface area contributed by atoms with Crippen LogP contribution in [-0.4, -0.2) is 35.2 Å². The number of hydrogen-bond donors (Lipinski definition) is 1. The van der Waals surface area contributed by atoms with Crippen molar-refractivity contribution in [3.8, 4) is 0 Å². The van der Waals surface area contributed by atoms with Crippen LogP contribution in [0.3, 0.4) is 0 Å². The van der Waals surface area contributed by atoms with E-state index in [1.54, 1.807) is 0 Å². The molecule has 3 nitrogen and oxygen atoms in total. The number of carbonyl (C=O) groups is 1. The molecule has 0 aliphatic rings. The molecule has 136 valence electrons. The molecule has 0 saturated heterocycles. The maximum atomic E-state index is 10.8. The second-order valence-electron chi connectivity index (χ2n) is 7.12. The van der Waals surface area contributed by atoms with Crippen LogP contribution in [0.4, 0.5) is 0 Å². The Morgan fingerprint density at radius 2 is 1.25 bits per heavy atom. The van der Waals surface area contributed by atoms with E-state index in [1.165, 1.54) is 68.2 Å². The largest absolute Gasteiger partial charge is 0.481 e. The molecule has 1 N–H and O–H groups in total. The van der Waals surface area contributed by atoms with E-state index >= 15 is 0 Å². The first-order valence-corrected chi connectivity index (χ1v) is 9.70. The van der Waals surface area contributed by atoms with Gasteiger partial charge >= 0.3 is 5.97 Å². The average molecular weight is 335 g/mol. The zero-order valence-electron chi connectivity index (χ0n) is 15.9. The zero-order valence-corrected chi connectivity index (χ0v) is 15.9. The van der Waals surface area contributed by atoms with Crippen molar-refractivity contribution in [2.24, 2.45) is 0 Å². The van der Waals surface area contributed by atoms with E-state index in [4.69, 9.17) is 5.11 Å². The minimum Gasteiger partial charge on any atom is -0.481 e. The van der Waals surface area contributed by atoms with Crippen molar-refractivity contribution in [3.05, 3.63) is 35.4 Å². The van der Waals surface area contributed by atoms with Crippen molar-refractivity contribution in [1.29, 1.82) is 0 Å². The molecular formula is C21H36NO2+. The summed E-state index contributed by atoms with van der Waals surface area (Å²) in [5.74, 6) is -0.762. The Morgan fingerprint density at radius 1 is 0.833 bits per heavy atom. The standard InChI is InChI=1S/C21H35NO2/c1-4-7-14-22(15-8-5-2,16-9-6-3)18-20-12-10-19(11-13-20)17-21(23)24/h10-13H,4-9,14-18H2,1-3H3/p+1. The fourth-order valence-electron chi connectivity index (χ4n) is 3.38. The molecular weight excluding hydrogens is 298 g/mol. The van der Waals surface area contributed by atoms with Crippen molar-refractivity contribution in [2.75, 3.05) is 19.6 Å². The van der Waals surface area contributed by atoms with Gasteiger partial charge in [0.15, 0.2) is 0 Å². The van der Waals surface area contributed by atoms with Gasteiger partial charge < -0.3 is 9.59 Å². The van der Waals surface area contributed by atoms with Gasteiger partial charge in [-0.2, -0.15) is 0 Å². The third-order valence-corrected chi connectivity index (χ3v) is 4.85. The lowest BCUT2D eigenvalue weighted by atomic mass is 10.1. The van der Waals surface area contributed by atoms with Crippen LogP contribution in [0.1, 0.15) is 70.4 Å².